The molecule has 0 bridgehead atoms. The van der Waals surface area contributed by atoms with E-state index in [4.69, 9.17) is 14.2 Å². The zero-order valence-electron chi connectivity index (χ0n) is 18.4. The van der Waals surface area contributed by atoms with Crippen molar-refractivity contribution in [1.29, 1.82) is 0 Å². The average Bonchev–Trinajstić information content (AvgIpc) is 2.80. The Morgan fingerprint density at radius 3 is 2.35 bits per heavy atom. The summed E-state index contributed by atoms with van der Waals surface area (Å²) in [6.07, 6.45) is 2.30. The van der Waals surface area contributed by atoms with Crippen molar-refractivity contribution in [2.45, 2.75) is 39.0 Å². The molecule has 2 aromatic carbocycles. The Balaban J connectivity index is 0.00000341. The molecule has 0 atom stereocenters. The van der Waals surface area contributed by atoms with Gasteiger partial charge in [0.1, 0.15) is 12.4 Å². The number of halogens is 1. The van der Waals surface area contributed by atoms with Gasteiger partial charge in [0.25, 0.3) is 0 Å². The van der Waals surface area contributed by atoms with Crippen molar-refractivity contribution in [3.05, 3.63) is 65.2 Å². The second kappa shape index (κ2) is 14.3. The Hall–Kier alpha value is -1.84. The van der Waals surface area contributed by atoms with Crippen LogP contribution < -0.4 is 15.4 Å². The molecular formula is C24H34IN3O3. The van der Waals surface area contributed by atoms with E-state index >= 15 is 0 Å². The minimum Gasteiger partial charge on any atom is -0.492 e. The Kier molecular flexibility index (Phi) is 11.7. The number of guanidine groups is 1. The molecule has 31 heavy (non-hydrogen) atoms. The molecule has 0 amide bonds. The van der Waals surface area contributed by atoms with Crippen molar-refractivity contribution in [2.75, 3.05) is 33.4 Å². The quantitative estimate of drug-likeness (QED) is 0.218. The van der Waals surface area contributed by atoms with Crippen LogP contribution in [0, 0.1) is 6.92 Å². The van der Waals surface area contributed by atoms with Gasteiger partial charge in [-0.05, 0) is 43.0 Å². The number of hydrogen-bond acceptors (Lipinski definition) is 4. The van der Waals surface area contributed by atoms with Crippen LogP contribution in [0.3, 0.4) is 0 Å². The van der Waals surface area contributed by atoms with Gasteiger partial charge >= 0.3 is 0 Å². The molecule has 2 N–H and O–H groups in total. The van der Waals surface area contributed by atoms with E-state index in [-0.39, 0.29) is 24.0 Å². The van der Waals surface area contributed by atoms with Gasteiger partial charge in [0.05, 0.1) is 19.3 Å². The topological polar surface area (TPSA) is 64.1 Å². The third-order valence-corrected chi connectivity index (χ3v) is 5.04. The summed E-state index contributed by atoms with van der Waals surface area (Å²) in [6, 6.07) is 16.6. The molecule has 0 radical (unpaired) electrons. The summed E-state index contributed by atoms with van der Waals surface area (Å²) in [5, 5.41) is 6.61. The van der Waals surface area contributed by atoms with Crippen LogP contribution in [0.1, 0.15) is 29.5 Å². The lowest BCUT2D eigenvalue weighted by Gasteiger charge is -2.22. The summed E-state index contributed by atoms with van der Waals surface area (Å²) in [4.78, 5) is 4.27. The van der Waals surface area contributed by atoms with Gasteiger partial charge in [-0.25, -0.2) is 0 Å². The van der Waals surface area contributed by atoms with Gasteiger partial charge in [0.15, 0.2) is 5.96 Å². The summed E-state index contributed by atoms with van der Waals surface area (Å²) in [7, 11) is 1.77. The van der Waals surface area contributed by atoms with Crippen molar-refractivity contribution in [3.8, 4) is 5.75 Å². The monoisotopic (exact) mass is 539 g/mol. The van der Waals surface area contributed by atoms with Crippen molar-refractivity contribution in [3.63, 3.8) is 0 Å². The van der Waals surface area contributed by atoms with Crippen molar-refractivity contribution >= 4 is 29.9 Å². The van der Waals surface area contributed by atoms with Crippen LogP contribution in [-0.4, -0.2) is 45.5 Å². The fourth-order valence-corrected chi connectivity index (χ4v) is 3.19. The number of nitrogens with one attached hydrogen (secondary N) is 2. The third-order valence-electron chi connectivity index (χ3n) is 5.04. The average molecular weight is 539 g/mol. The van der Waals surface area contributed by atoms with Crippen LogP contribution in [-0.2, 0) is 22.6 Å². The van der Waals surface area contributed by atoms with E-state index in [0.717, 1.165) is 37.8 Å². The Bertz CT molecular complexity index is 776. The predicted molar refractivity (Wildman–Crippen MR) is 135 cm³/mol. The van der Waals surface area contributed by atoms with Gasteiger partial charge in [0, 0.05) is 26.8 Å². The molecule has 3 rings (SSSR count). The van der Waals surface area contributed by atoms with E-state index in [0.29, 0.717) is 32.4 Å². The minimum absolute atomic E-state index is 0. The van der Waals surface area contributed by atoms with Gasteiger partial charge < -0.3 is 24.8 Å². The largest absolute Gasteiger partial charge is 0.492 e. The van der Waals surface area contributed by atoms with Crippen LogP contribution in [0.4, 0.5) is 0 Å². The normalized spacial score (nSPS) is 14.6. The first kappa shape index (κ1) is 25.4. The molecule has 1 aliphatic rings. The van der Waals surface area contributed by atoms with Crippen molar-refractivity contribution in [1.82, 2.24) is 10.6 Å². The molecule has 1 aliphatic heterocycles. The summed E-state index contributed by atoms with van der Waals surface area (Å²) >= 11 is 0. The highest BCUT2D eigenvalue weighted by Gasteiger charge is 2.13. The fourth-order valence-electron chi connectivity index (χ4n) is 3.19. The van der Waals surface area contributed by atoms with E-state index in [9.17, 15) is 0 Å². The van der Waals surface area contributed by atoms with E-state index in [1.165, 1.54) is 16.7 Å². The molecular weight excluding hydrogens is 505 g/mol. The number of benzene rings is 2. The van der Waals surface area contributed by atoms with Crippen LogP contribution in [0.15, 0.2) is 53.5 Å². The fraction of sp³-hybridized carbons (Fsp3) is 0.458. The summed E-state index contributed by atoms with van der Waals surface area (Å²) in [5.41, 5.74) is 3.62. The number of ether oxygens (including phenoxy) is 3. The van der Waals surface area contributed by atoms with Gasteiger partial charge in [-0.15, -0.1) is 24.0 Å². The van der Waals surface area contributed by atoms with E-state index in [2.05, 4.69) is 46.8 Å². The summed E-state index contributed by atoms with van der Waals surface area (Å²) < 4.78 is 17.1. The second-order valence-corrected chi connectivity index (χ2v) is 7.45. The van der Waals surface area contributed by atoms with Crippen LogP contribution in [0.25, 0.3) is 0 Å². The number of rotatable bonds is 9. The molecule has 7 heteroatoms. The lowest BCUT2D eigenvalue weighted by molar-refractivity contribution is -0.0390. The zero-order chi connectivity index (χ0) is 21.0. The maximum absolute atomic E-state index is 5.98. The SMILES string of the molecule is CN=C(NCCOc1ccc(C)cc1)NCc1ccc(COC2CCOCC2)cc1.I. The zero-order valence-corrected chi connectivity index (χ0v) is 20.8. The smallest absolute Gasteiger partial charge is 0.191 e. The maximum atomic E-state index is 5.98. The Morgan fingerprint density at radius 1 is 1.00 bits per heavy atom. The number of aliphatic imine (C=N–C) groups is 1. The van der Waals surface area contributed by atoms with E-state index < -0.39 is 0 Å². The summed E-state index contributed by atoms with van der Waals surface area (Å²) in [5.74, 6) is 1.64. The first-order chi connectivity index (χ1) is 14.7. The van der Waals surface area contributed by atoms with Gasteiger partial charge in [0.2, 0.25) is 0 Å². The van der Waals surface area contributed by atoms with Crippen molar-refractivity contribution in [2.24, 2.45) is 4.99 Å². The van der Waals surface area contributed by atoms with Crippen LogP contribution >= 0.6 is 24.0 Å². The Labute approximate surface area is 202 Å². The molecule has 0 unspecified atom stereocenters. The third kappa shape index (κ3) is 9.45. The molecule has 0 aromatic heterocycles. The highest BCUT2D eigenvalue weighted by atomic mass is 127. The van der Waals surface area contributed by atoms with E-state index in [1.807, 2.05) is 24.3 Å². The lowest BCUT2D eigenvalue weighted by Crippen LogP contribution is -2.38. The molecule has 1 heterocycles. The van der Waals surface area contributed by atoms with Crippen LogP contribution in [0.2, 0.25) is 0 Å². The number of nitrogens with zero attached hydrogens (tertiary/aromatic N) is 1. The van der Waals surface area contributed by atoms with Crippen LogP contribution in [0.5, 0.6) is 5.75 Å². The molecule has 0 spiro atoms. The Morgan fingerprint density at radius 2 is 1.68 bits per heavy atom. The molecule has 6 nitrogen and oxygen atoms in total. The molecule has 1 fully saturated rings. The van der Waals surface area contributed by atoms with Gasteiger partial charge in [-0.2, -0.15) is 0 Å². The second-order valence-electron chi connectivity index (χ2n) is 7.45. The van der Waals surface area contributed by atoms with E-state index in [1.54, 1.807) is 7.05 Å². The highest BCUT2D eigenvalue weighted by Crippen LogP contribution is 2.14. The molecule has 1 saturated heterocycles. The van der Waals surface area contributed by atoms with Gasteiger partial charge in [-0.3, -0.25) is 4.99 Å². The summed E-state index contributed by atoms with van der Waals surface area (Å²) in [6.45, 7) is 6.30. The highest BCUT2D eigenvalue weighted by molar-refractivity contribution is 14.0. The minimum atomic E-state index is 0. The standard InChI is InChI=1S/C24H33N3O3.HI/c1-19-3-9-22(10-4-19)29-16-13-26-24(25-2)27-17-20-5-7-21(8-6-20)18-30-23-11-14-28-15-12-23;/h3-10,23H,11-18H2,1-2H3,(H2,25,26,27);1H. The van der Waals surface area contributed by atoms with Gasteiger partial charge in [-0.1, -0.05) is 42.0 Å². The number of hydrogen-bond donors (Lipinski definition) is 2. The first-order valence-electron chi connectivity index (χ1n) is 10.6. The molecule has 0 aliphatic carbocycles. The van der Waals surface area contributed by atoms with Crippen molar-refractivity contribution < 1.29 is 14.2 Å². The molecule has 2 aromatic rings. The first-order valence-corrected chi connectivity index (χ1v) is 10.6. The number of aryl methyl sites for hydroxylation is 1. The predicted octanol–water partition coefficient (Wildman–Crippen LogP) is 4.05. The molecule has 170 valence electrons. The molecule has 0 saturated carbocycles. The maximum Gasteiger partial charge on any atom is 0.191 e. The lowest BCUT2D eigenvalue weighted by atomic mass is 10.1.